The first kappa shape index (κ1) is 16.2. The van der Waals surface area contributed by atoms with Crippen molar-refractivity contribution in [2.75, 3.05) is 24.5 Å². The number of hydrogen-bond acceptors (Lipinski definition) is 4. The molecule has 1 saturated carbocycles. The fraction of sp³-hybridized carbons (Fsp3) is 0.722. The number of amides is 1. The van der Waals surface area contributed by atoms with Crippen molar-refractivity contribution < 1.29 is 4.79 Å². The highest BCUT2D eigenvalue weighted by atomic mass is 16.1. The lowest BCUT2D eigenvalue weighted by atomic mass is 9.95. The molecule has 0 spiro atoms. The van der Waals surface area contributed by atoms with E-state index in [0.717, 1.165) is 50.6 Å². The fourth-order valence-corrected chi connectivity index (χ4v) is 3.87. The molecule has 0 bridgehead atoms. The van der Waals surface area contributed by atoms with Gasteiger partial charge < -0.3 is 10.2 Å². The van der Waals surface area contributed by atoms with Gasteiger partial charge in [0.25, 0.3) is 0 Å². The van der Waals surface area contributed by atoms with Gasteiger partial charge in [0.1, 0.15) is 5.82 Å². The third kappa shape index (κ3) is 4.66. The van der Waals surface area contributed by atoms with Gasteiger partial charge in [-0.3, -0.25) is 9.78 Å². The van der Waals surface area contributed by atoms with Gasteiger partial charge in [0.05, 0.1) is 6.20 Å². The molecule has 1 N–H and O–H groups in total. The highest BCUT2D eigenvalue weighted by Crippen LogP contribution is 2.28. The molecule has 0 unspecified atom stereocenters. The largest absolute Gasteiger partial charge is 0.356 e. The van der Waals surface area contributed by atoms with Crippen molar-refractivity contribution in [2.24, 2.45) is 11.8 Å². The number of piperidine rings is 1. The van der Waals surface area contributed by atoms with Crippen LogP contribution in [-0.4, -0.2) is 35.5 Å². The molecular formula is C18H28N4O. The fourth-order valence-electron chi connectivity index (χ4n) is 3.87. The number of hydrogen-bond donors (Lipinski definition) is 1. The van der Waals surface area contributed by atoms with Gasteiger partial charge in [-0.15, -0.1) is 0 Å². The molecule has 1 amide bonds. The van der Waals surface area contributed by atoms with Crippen LogP contribution in [0.15, 0.2) is 18.6 Å². The number of nitrogens with zero attached hydrogens (tertiary/aromatic N) is 3. The molecule has 1 aromatic heterocycles. The van der Waals surface area contributed by atoms with Crippen molar-refractivity contribution in [3.63, 3.8) is 0 Å². The molecule has 2 fully saturated rings. The van der Waals surface area contributed by atoms with E-state index in [1.807, 2.05) is 0 Å². The molecule has 23 heavy (non-hydrogen) atoms. The van der Waals surface area contributed by atoms with Crippen molar-refractivity contribution in [2.45, 2.75) is 51.4 Å². The Balaban J connectivity index is 1.33. The monoisotopic (exact) mass is 316 g/mol. The molecule has 1 aliphatic carbocycles. The molecular weight excluding hydrogens is 288 g/mol. The zero-order chi connectivity index (χ0) is 15.9. The molecule has 1 aliphatic heterocycles. The second-order valence-corrected chi connectivity index (χ2v) is 6.91. The summed E-state index contributed by atoms with van der Waals surface area (Å²) in [5.74, 6) is 2.25. The number of carbonyl (C=O) groups excluding carboxylic acids is 1. The summed E-state index contributed by atoms with van der Waals surface area (Å²) in [6.45, 7) is 2.62. The number of aromatic nitrogens is 2. The smallest absolute Gasteiger partial charge is 0.223 e. The minimum atomic E-state index is 0.161. The van der Waals surface area contributed by atoms with Crippen LogP contribution in [0.25, 0.3) is 0 Å². The lowest BCUT2D eigenvalue weighted by Gasteiger charge is -2.31. The van der Waals surface area contributed by atoms with Crippen LogP contribution in [0, 0.1) is 11.8 Å². The highest BCUT2D eigenvalue weighted by Gasteiger charge is 2.25. The van der Waals surface area contributed by atoms with E-state index in [4.69, 9.17) is 0 Å². The van der Waals surface area contributed by atoms with Crippen molar-refractivity contribution in [3.05, 3.63) is 18.6 Å². The maximum Gasteiger partial charge on any atom is 0.223 e. The van der Waals surface area contributed by atoms with Gasteiger partial charge >= 0.3 is 0 Å². The van der Waals surface area contributed by atoms with Crippen molar-refractivity contribution in [3.8, 4) is 0 Å². The molecule has 126 valence electrons. The highest BCUT2D eigenvalue weighted by molar-refractivity contribution is 5.78. The second kappa shape index (κ2) is 8.27. The Morgan fingerprint density at radius 2 is 1.96 bits per heavy atom. The molecule has 2 heterocycles. The van der Waals surface area contributed by atoms with Gasteiger partial charge in [0.2, 0.25) is 5.91 Å². The summed E-state index contributed by atoms with van der Waals surface area (Å²) >= 11 is 0. The Morgan fingerprint density at radius 3 is 2.65 bits per heavy atom. The lowest BCUT2D eigenvalue weighted by molar-refractivity contribution is -0.125. The van der Waals surface area contributed by atoms with Gasteiger partial charge in [-0.2, -0.15) is 0 Å². The molecule has 0 atom stereocenters. The van der Waals surface area contributed by atoms with Crippen molar-refractivity contribution in [1.82, 2.24) is 15.3 Å². The third-order valence-corrected chi connectivity index (χ3v) is 5.30. The van der Waals surface area contributed by atoms with E-state index in [0.29, 0.717) is 0 Å². The minimum Gasteiger partial charge on any atom is -0.356 e. The SMILES string of the molecule is O=C(NCCCC1CCCC1)C1CCN(c2cnccn2)CC1. The average Bonchev–Trinajstić information content (AvgIpc) is 3.13. The van der Waals surface area contributed by atoms with Crippen LogP contribution < -0.4 is 10.2 Å². The van der Waals surface area contributed by atoms with E-state index in [1.54, 1.807) is 18.6 Å². The average molecular weight is 316 g/mol. The van der Waals surface area contributed by atoms with Gasteiger partial charge in [0.15, 0.2) is 0 Å². The first-order valence-corrected chi connectivity index (χ1v) is 9.11. The number of nitrogens with one attached hydrogen (secondary N) is 1. The Morgan fingerprint density at radius 1 is 1.17 bits per heavy atom. The standard InChI is InChI=1S/C18H28N4O/c23-18(21-9-3-6-15-4-1-2-5-15)16-7-12-22(13-8-16)17-14-19-10-11-20-17/h10-11,14-16H,1-9,12-13H2,(H,21,23). The number of carbonyl (C=O) groups is 1. The van der Waals surface area contributed by atoms with E-state index in [1.165, 1.54) is 32.1 Å². The predicted molar refractivity (Wildman–Crippen MR) is 91.2 cm³/mol. The molecule has 0 aromatic carbocycles. The predicted octanol–water partition coefficient (Wildman–Crippen LogP) is 2.78. The van der Waals surface area contributed by atoms with Crippen LogP contribution in [-0.2, 0) is 4.79 Å². The van der Waals surface area contributed by atoms with E-state index < -0.39 is 0 Å². The van der Waals surface area contributed by atoms with Crippen LogP contribution in [0.4, 0.5) is 5.82 Å². The normalized spacial score (nSPS) is 19.9. The van der Waals surface area contributed by atoms with E-state index in [9.17, 15) is 4.79 Å². The summed E-state index contributed by atoms with van der Waals surface area (Å²) in [4.78, 5) is 22.9. The van der Waals surface area contributed by atoms with Crippen LogP contribution in [0.2, 0.25) is 0 Å². The summed E-state index contributed by atoms with van der Waals surface area (Å²) < 4.78 is 0. The Labute approximate surface area is 138 Å². The maximum absolute atomic E-state index is 12.3. The van der Waals surface area contributed by atoms with Crippen molar-refractivity contribution in [1.29, 1.82) is 0 Å². The summed E-state index contributed by atoms with van der Waals surface area (Å²) in [6, 6.07) is 0. The zero-order valence-electron chi connectivity index (χ0n) is 13.9. The summed E-state index contributed by atoms with van der Waals surface area (Å²) in [5, 5.41) is 3.15. The van der Waals surface area contributed by atoms with Crippen molar-refractivity contribution >= 4 is 11.7 Å². The number of rotatable bonds is 6. The Bertz CT molecular complexity index is 479. The first-order valence-electron chi connectivity index (χ1n) is 9.11. The quantitative estimate of drug-likeness (QED) is 0.820. The van der Waals surface area contributed by atoms with E-state index >= 15 is 0 Å². The third-order valence-electron chi connectivity index (χ3n) is 5.30. The van der Waals surface area contributed by atoms with Gasteiger partial charge in [0, 0.05) is 37.9 Å². The summed E-state index contributed by atoms with van der Waals surface area (Å²) in [6.07, 6.45) is 15.0. The summed E-state index contributed by atoms with van der Waals surface area (Å²) in [7, 11) is 0. The minimum absolute atomic E-state index is 0.161. The second-order valence-electron chi connectivity index (χ2n) is 6.91. The van der Waals surface area contributed by atoms with Gasteiger partial charge in [-0.1, -0.05) is 25.7 Å². The van der Waals surface area contributed by atoms with E-state index in [-0.39, 0.29) is 11.8 Å². The number of anilines is 1. The molecule has 2 aliphatic rings. The van der Waals surface area contributed by atoms with Crippen LogP contribution in [0.3, 0.4) is 0 Å². The maximum atomic E-state index is 12.3. The molecule has 0 radical (unpaired) electrons. The molecule has 1 saturated heterocycles. The lowest BCUT2D eigenvalue weighted by Crippen LogP contribution is -2.41. The summed E-state index contributed by atoms with van der Waals surface area (Å²) in [5.41, 5.74) is 0. The van der Waals surface area contributed by atoms with Gasteiger partial charge in [-0.05, 0) is 31.6 Å². The Kier molecular flexibility index (Phi) is 5.83. The first-order chi connectivity index (χ1) is 11.3. The van der Waals surface area contributed by atoms with E-state index in [2.05, 4.69) is 20.2 Å². The van der Waals surface area contributed by atoms with Gasteiger partial charge in [-0.25, -0.2) is 4.98 Å². The topological polar surface area (TPSA) is 58.1 Å². The van der Waals surface area contributed by atoms with Crippen LogP contribution in [0.5, 0.6) is 0 Å². The Hall–Kier alpha value is -1.65. The molecule has 1 aromatic rings. The molecule has 3 rings (SSSR count). The molecule has 5 nitrogen and oxygen atoms in total. The van der Waals surface area contributed by atoms with Crippen LogP contribution in [0.1, 0.15) is 51.4 Å². The van der Waals surface area contributed by atoms with Crippen LogP contribution >= 0.6 is 0 Å². The molecule has 5 heteroatoms. The zero-order valence-corrected chi connectivity index (χ0v) is 13.9.